The number of anilines is 1. The van der Waals surface area contributed by atoms with Gasteiger partial charge in [0.05, 0.1) is 0 Å². The lowest BCUT2D eigenvalue weighted by atomic mass is 10.1. The lowest BCUT2D eigenvalue weighted by Crippen LogP contribution is -1.85. The first-order valence-electron chi connectivity index (χ1n) is 5.39. The van der Waals surface area contributed by atoms with Crippen molar-refractivity contribution in [3.63, 3.8) is 0 Å². The largest absolute Gasteiger partial charge is 0.399 e. The lowest BCUT2D eigenvalue weighted by molar-refractivity contribution is 1.42. The predicted octanol–water partition coefficient (Wildman–Crippen LogP) is 4.05. The van der Waals surface area contributed by atoms with Gasteiger partial charge < -0.3 is 5.73 Å². The zero-order chi connectivity index (χ0) is 11.4. The minimum absolute atomic E-state index is 0.810. The van der Waals surface area contributed by atoms with Gasteiger partial charge in [-0.1, -0.05) is 37.3 Å². The third-order valence-electron chi connectivity index (χ3n) is 2.41. The van der Waals surface area contributed by atoms with Crippen LogP contribution in [0.2, 0.25) is 0 Å². The molecule has 0 aliphatic carbocycles. The molecule has 2 aromatic rings. The van der Waals surface area contributed by atoms with E-state index in [1.54, 1.807) is 0 Å². The van der Waals surface area contributed by atoms with Gasteiger partial charge in [0, 0.05) is 10.6 Å². The molecule has 0 saturated carbocycles. The number of rotatable bonds is 3. The number of benzene rings is 2. The van der Waals surface area contributed by atoms with Gasteiger partial charge in [0.2, 0.25) is 0 Å². The SMILES string of the molecule is CCSc1ccccc1-c1ccc(N)cc1. The number of nitrogen functional groups attached to an aromatic ring is 1. The van der Waals surface area contributed by atoms with E-state index in [4.69, 9.17) is 5.73 Å². The number of hydrogen-bond donors (Lipinski definition) is 1. The summed E-state index contributed by atoms with van der Waals surface area (Å²) in [5, 5.41) is 0. The molecule has 0 unspecified atom stereocenters. The Labute approximate surface area is 101 Å². The highest BCUT2D eigenvalue weighted by Crippen LogP contribution is 2.31. The lowest BCUT2D eigenvalue weighted by Gasteiger charge is -2.08. The summed E-state index contributed by atoms with van der Waals surface area (Å²) < 4.78 is 0. The molecule has 0 aromatic heterocycles. The van der Waals surface area contributed by atoms with Crippen LogP contribution < -0.4 is 5.73 Å². The van der Waals surface area contributed by atoms with E-state index in [0.717, 1.165) is 11.4 Å². The first kappa shape index (κ1) is 11.1. The first-order chi connectivity index (χ1) is 7.81. The summed E-state index contributed by atoms with van der Waals surface area (Å²) in [5.74, 6) is 1.09. The molecular weight excluding hydrogens is 214 g/mol. The Morgan fingerprint density at radius 2 is 1.69 bits per heavy atom. The molecular formula is C14H15NS. The van der Waals surface area contributed by atoms with Crippen LogP contribution in [0.25, 0.3) is 11.1 Å². The van der Waals surface area contributed by atoms with E-state index < -0.39 is 0 Å². The summed E-state index contributed by atoms with van der Waals surface area (Å²) in [6.45, 7) is 2.17. The molecule has 0 heterocycles. The second-order valence-electron chi connectivity index (χ2n) is 3.55. The Morgan fingerprint density at radius 3 is 2.38 bits per heavy atom. The topological polar surface area (TPSA) is 26.0 Å². The summed E-state index contributed by atoms with van der Waals surface area (Å²) in [6.07, 6.45) is 0. The number of nitrogens with two attached hydrogens (primary N) is 1. The normalized spacial score (nSPS) is 10.3. The van der Waals surface area contributed by atoms with Crippen molar-refractivity contribution in [3.05, 3.63) is 48.5 Å². The van der Waals surface area contributed by atoms with Gasteiger partial charge in [-0.3, -0.25) is 0 Å². The molecule has 0 aliphatic rings. The van der Waals surface area contributed by atoms with Crippen molar-refractivity contribution in [1.82, 2.24) is 0 Å². The Bertz CT molecular complexity index is 462. The van der Waals surface area contributed by atoms with Crippen LogP contribution in [-0.2, 0) is 0 Å². The zero-order valence-corrected chi connectivity index (χ0v) is 10.1. The molecule has 2 rings (SSSR count). The van der Waals surface area contributed by atoms with Gasteiger partial charge in [-0.15, -0.1) is 11.8 Å². The molecule has 0 fully saturated rings. The van der Waals surface area contributed by atoms with Gasteiger partial charge in [0.25, 0.3) is 0 Å². The van der Waals surface area contributed by atoms with E-state index in [2.05, 4.69) is 43.3 Å². The standard InChI is InChI=1S/C14H15NS/c1-2-16-14-6-4-3-5-13(14)11-7-9-12(15)10-8-11/h3-10H,2,15H2,1H3. The highest BCUT2D eigenvalue weighted by Gasteiger charge is 2.03. The van der Waals surface area contributed by atoms with Gasteiger partial charge >= 0.3 is 0 Å². The van der Waals surface area contributed by atoms with Gasteiger partial charge in [0.15, 0.2) is 0 Å². The molecule has 16 heavy (non-hydrogen) atoms. The quantitative estimate of drug-likeness (QED) is 0.634. The average molecular weight is 229 g/mol. The van der Waals surface area contributed by atoms with E-state index in [9.17, 15) is 0 Å². The second kappa shape index (κ2) is 5.08. The van der Waals surface area contributed by atoms with Gasteiger partial charge in [0.1, 0.15) is 0 Å². The fourth-order valence-corrected chi connectivity index (χ4v) is 2.48. The molecule has 0 atom stereocenters. The second-order valence-corrected chi connectivity index (χ2v) is 4.86. The molecule has 2 heteroatoms. The molecule has 2 N–H and O–H groups in total. The Hall–Kier alpha value is -1.41. The maximum Gasteiger partial charge on any atom is 0.0314 e. The molecule has 0 spiro atoms. The fourth-order valence-electron chi connectivity index (χ4n) is 1.65. The van der Waals surface area contributed by atoms with Crippen molar-refractivity contribution in [2.75, 3.05) is 11.5 Å². The van der Waals surface area contributed by atoms with Crippen LogP contribution in [0.3, 0.4) is 0 Å². The third-order valence-corrected chi connectivity index (χ3v) is 3.36. The Kier molecular flexibility index (Phi) is 3.52. The Balaban J connectivity index is 2.42. The summed E-state index contributed by atoms with van der Waals surface area (Å²) in [4.78, 5) is 1.33. The van der Waals surface area contributed by atoms with Crippen molar-refractivity contribution in [2.24, 2.45) is 0 Å². The van der Waals surface area contributed by atoms with Gasteiger partial charge in [-0.05, 0) is 35.1 Å². The molecule has 0 radical (unpaired) electrons. The molecule has 82 valence electrons. The van der Waals surface area contributed by atoms with E-state index in [0.29, 0.717) is 0 Å². The van der Waals surface area contributed by atoms with Crippen molar-refractivity contribution < 1.29 is 0 Å². The van der Waals surface area contributed by atoms with Gasteiger partial charge in [-0.25, -0.2) is 0 Å². The number of hydrogen-bond acceptors (Lipinski definition) is 2. The highest BCUT2D eigenvalue weighted by atomic mass is 32.2. The minimum Gasteiger partial charge on any atom is -0.399 e. The van der Waals surface area contributed by atoms with Crippen LogP contribution in [-0.4, -0.2) is 5.75 Å². The van der Waals surface area contributed by atoms with Crippen molar-refractivity contribution >= 4 is 17.4 Å². The highest BCUT2D eigenvalue weighted by molar-refractivity contribution is 7.99. The molecule has 0 amide bonds. The smallest absolute Gasteiger partial charge is 0.0314 e. The van der Waals surface area contributed by atoms with E-state index in [1.165, 1.54) is 16.0 Å². The van der Waals surface area contributed by atoms with Gasteiger partial charge in [-0.2, -0.15) is 0 Å². The molecule has 0 bridgehead atoms. The maximum atomic E-state index is 5.70. The average Bonchev–Trinajstić information content (AvgIpc) is 2.32. The molecule has 0 saturated heterocycles. The van der Waals surface area contributed by atoms with Crippen LogP contribution >= 0.6 is 11.8 Å². The molecule has 0 aliphatic heterocycles. The van der Waals surface area contributed by atoms with Crippen LogP contribution in [0.1, 0.15) is 6.92 Å². The van der Waals surface area contributed by atoms with Crippen LogP contribution in [0, 0.1) is 0 Å². The van der Waals surface area contributed by atoms with Crippen molar-refractivity contribution in [3.8, 4) is 11.1 Å². The summed E-state index contributed by atoms with van der Waals surface area (Å²) in [6, 6.07) is 16.5. The van der Waals surface area contributed by atoms with Crippen molar-refractivity contribution in [2.45, 2.75) is 11.8 Å². The first-order valence-corrected chi connectivity index (χ1v) is 6.37. The summed E-state index contributed by atoms with van der Waals surface area (Å²) in [7, 11) is 0. The van der Waals surface area contributed by atoms with Crippen LogP contribution in [0.4, 0.5) is 5.69 Å². The molecule has 2 aromatic carbocycles. The summed E-state index contributed by atoms with van der Waals surface area (Å²) in [5.41, 5.74) is 9.02. The zero-order valence-electron chi connectivity index (χ0n) is 9.31. The predicted molar refractivity (Wildman–Crippen MR) is 72.7 cm³/mol. The number of thioether (sulfide) groups is 1. The summed E-state index contributed by atoms with van der Waals surface area (Å²) >= 11 is 1.87. The Morgan fingerprint density at radius 1 is 1.00 bits per heavy atom. The van der Waals surface area contributed by atoms with E-state index in [-0.39, 0.29) is 0 Å². The fraction of sp³-hybridized carbons (Fsp3) is 0.143. The third kappa shape index (κ3) is 2.39. The minimum atomic E-state index is 0.810. The monoisotopic (exact) mass is 229 g/mol. The van der Waals surface area contributed by atoms with Crippen LogP contribution in [0.15, 0.2) is 53.4 Å². The van der Waals surface area contributed by atoms with E-state index in [1.807, 2.05) is 23.9 Å². The van der Waals surface area contributed by atoms with E-state index >= 15 is 0 Å². The maximum absolute atomic E-state index is 5.70. The van der Waals surface area contributed by atoms with Crippen LogP contribution in [0.5, 0.6) is 0 Å². The van der Waals surface area contributed by atoms with Crippen molar-refractivity contribution in [1.29, 1.82) is 0 Å². The molecule has 1 nitrogen and oxygen atoms in total.